The molecule has 0 amide bonds. The van der Waals surface area contributed by atoms with E-state index < -0.39 is 31.6 Å². The number of pyridine rings is 1. The number of aryl methyl sites for hydroxylation is 1. The predicted molar refractivity (Wildman–Crippen MR) is 190 cm³/mol. The second-order valence-electron chi connectivity index (χ2n) is 13.4. The van der Waals surface area contributed by atoms with Gasteiger partial charge in [-0.05, 0) is 161 Å². The van der Waals surface area contributed by atoms with Gasteiger partial charge in [0.15, 0.2) is 0 Å². The highest BCUT2D eigenvalue weighted by molar-refractivity contribution is 8.33. The van der Waals surface area contributed by atoms with E-state index >= 15 is 0 Å². The molecule has 0 aliphatic rings. The van der Waals surface area contributed by atoms with E-state index in [-0.39, 0.29) is 4.90 Å². The Balaban J connectivity index is 1.67. The van der Waals surface area contributed by atoms with Gasteiger partial charge in [-0.3, -0.25) is 4.98 Å². The Kier molecular flexibility index (Phi) is 10.2. The lowest BCUT2D eigenvalue weighted by Crippen LogP contribution is -2.23. The number of benzene rings is 4. The second kappa shape index (κ2) is 14.0. The topological polar surface area (TPSA) is 84.0 Å². The molecule has 0 spiro atoms. The molecule has 0 radical (unpaired) electrons. The Bertz CT molecular complexity index is 1840. The van der Waals surface area contributed by atoms with Gasteiger partial charge in [-0.15, -0.1) is 0 Å². The molecular formula is C39H43NO6S2. The molecule has 0 aliphatic heterocycles. The Morgan fingerprint density at radius 2 is 0.938 bits per heavy atom. The largest absolute Gasteiger partial charge is 0.489 e. The maximum absolute atomic E-state index is 14.2. The molecule has 5 rings (SSSR count). The van der Waals surface area contributed by atoms with Gasteiger partial charge in [0.25, 0.3) is 0 Å². The van der Waals surface area contributed by atoms with Gasteiger partial charge in [-0.1, -0.05) is 17.7 Å². The molecule has 0 bridgehead atoms. The maximum Gasteiger partial charge on any atom is 0.307 e. The maximum atomic E-state index is 14.2. The van der Waals surface area contributed by atoms with Gasteiger partial charge < -0.3 is 14.2 Å². The minimum atomic E-state index is -4.28. The zero-order chi connectivity index (χ0) is 34.6. The van der Waals surface area contributed by atoms with Crippen LogP contribution in [0.1, 0.15) is 52.7 Å². The van der Waals surface area contributed by atoms with Crippen LogP contribution in [0, 0.1) is 6.92 Å². The first kappa shape index (κ1) is 35.0. The van der Waals surface area contributed by atoms with Gasteiger partial charge in [-0.2, -0.15) is 8.42 Å². The molecule has 0 aliphatic carbocycles. The lowest BCUT2D eigenvalue weighted by molar-refractivity contribution is 0.130. The van der Waals surface area contributed by atoms with E-state index in [9.17, 15) is 8.42 Å². The molecule has 4 aromatic carbocycles. The Morgan fingerprint density at radius 1 is 0.542 bits per heavy atom. The van der Waals surface area contributed by atoms with Crippen molar-refractivity contribution in [2.45, 2.75) is 85.9 Å². The number of aromatic nitrogens is 1. The van der Waals surface area contributed by atoms with Gasteiger partial charge >= 0.3 is 10.1 Å². The van der Waals surface area contributed by atoms with Crippen LogP contribution in [-0.4, -0.2) is 24.6 Å². The fourth-order valence-corrected chi connectivity index (χ4v) is 10.1. The van der Waals surface area contributed by atoms with E-state index in [0.29, 0.717) is 38.5 Å². The van der Waals surface area contributed by atoms with E-state index in [2.05, 4.69) is 4.98 Å². The summed E-state index contributed by atoms with van der Waals surface area (Å²) >= 11 is 0. The van der Waals surface area contributed by atoms with Crippen molar-refractivity contribution < 1.29 is 26.3 Å². The van der Waals surface area contributed by atoms with Crippen LogP contribution in [0.25, 0.3) is 0 Å². The van der Waals surface area contributed by atoms with Crippen molar-refractivity contribution >= 4 is 20.4 Å². The van der Waals surface area contributed by atoms with E-state index in [1.807, 2.05) is 133 Å². The third-order valence-electron chi connectivity index (χ3n) is 6.97. The molecule has 48 heavy (non-hydrogen) atoms. The quantitative estimate of drug-likeness (QED) is 0.137. The number of hydrogen-bond donors (Lipinski definition) is 0. The van der Waals surface area contributed by atoms with Crippen molar-refractivity contribution in [1.82, 2.24) is 4.98 Å². The van der Waals surface area contributed by atoms with Crippen molar-refractivity contribution in [3.05, 3.63) is 133 Å². The summed E-state index contributed by atoms with van der Waals surface area (Å²) in [5, 5.41) is 0. The molecular weight excluding hydrogens is 643 g/mol. The van der Waals surface area contributed by atoms with Crippen molar-refractivity contribution in [3.63, 3.8) is 0 Å². The zero-order valence-corrected chi connectivity index (χ0v) is 30.1. The molecule has 9 heteroatoms. The minimum absolute atomic E-state index is 0.0719. The third kappa shape index (κ3) is 8.78. The molecule has 0 fully saturated rings. The average molecular weight is 686 g/mol. The molecule has 7 nitrogen and oxygen atoms in total. The van der Waals surface area contributed by atoms with Gasteiger partial charge in [0.2, 0.25) is 0 Å². The van der Waals surface area contributed by atoms with Crippen LogP contribution in [0.5, 0.6) is 17.2 Å². The lowest BCUT2D eigenvalue weighted by atomic mass is 10.2. The number of nitrogens with zero attached hydrogens (tertiary/aromatic N) is 1. The van der Waals surface area contributed by atoms with Crippen molar-refractivity contribution in [1.29, 1.82) is 0 Å². The fourth-order valence-electron chi connectivity index (χ4n) is 4.88. The van der Waals surface area contributed by atoms with E-state index in [1.165, 1.54) is 0 Å². The first-order valence-electron chi connectivity index (χ1n) is 15.7. The summed E-state index contributed by atoms with van der Waals surface area (Å²) in [4.78, 5) is 6.16. The van der Waals surface area contributed by atoms with Crippen LogP contribution in [0.15, 0.2) is 141 Å². The lowest BCUT2D eigenvalue weighted by Gasteiger charge is -2.39. The van der Waals surface area contributed by atoms with Crippen molar-refractivity contribution in [3.8, 4) is 17.2 Å². The number of rotatable bonds is 11. The van der Waals surface area contributed by atoms with Crippen LogP contribution < -0.4 is 14.2 Å². The highest BCUT2D eigenvalue weighted by Crippen LogP contribution is 2.70. The van der Waals surface area contributed by atoms with E-state index in [1.54, 1.807) is 36.7 Å². The molecule has 0 N–H and O–H groups in total. The van der Waals surface area contributed by atoms with Crippen LogP contribution in [0.4, 0.5) is 0 Å². The molecule has 5 aromatic rings. The molecule has 1 heterocycles. The Morgan fingerprint density at radius 3 is 1.35 bits per heavy atom. The SMILES string of the molecule is Cc1ccc(S(=O)(=O)OS(c2ccc(OCc3ccncc3)cc2)(c2ccc(OC(C)(C)C)cc2)c2ccc(OC(C)(C)C)cc2)cc1. The van der Waals surface area contributed by atoms with Gasteiger partial charge in [-0.25, -0.2) is 3.63 Å². The zero-order valence-electron chi connectivity index (χ0n) is 28.5. The fraction of sp³-hybridized carbons (Fsp3) is 0.256. The molecule has 0 unspecified atom stereocenters. The summed E-state index contributed by atoms with van der Waals surface area (Å²) in [7, 11) is -7.19. The molecule has 0 saturated heterocycles. The Hall–Kier alpha value is -4.31. The van der Waals surface area contributed by atoms with Gasteiger partial charge in [0, 0.05) is 27.1 Å². The molecule has 0 saturated carbocycles. The van der Waals surface area contributed by atoms with Gasteiger partial charge in [0.05, 0.1) is 4.90 Å². The highest BCUT2D eigenvalue weighted by atomic mass is 32.3. The van der Waals surface area contributed by atoms with Crippen LogP contribution in [0.2, 0.25) is 0 Å². The first-order chi connectivity index (χ1) is 22.6. The summed E-state index contributed by atoms with van der Waals surface area (Å²) in [5.74, 6) is 1.96. The standard InChI is InChI=1S/C39H43NO6S2/c1-29-8-16-37(17-9-29)48(41,42)46-47(35-20-12-32(13-21-35)44-38(2,3)4,36-22-14-33(15-23-36)45-39(5,6)7)34-18-10-31(11-19-34)43-28-30-24-26-40-27-25-30/h8-27H,28H2,1-7H3. The van der Waals surface area contributed by atoms with Crippen molar-refractivity contribution in [2.75, 3.05) is 0 Å². The molecule has 252 valence electrons. The highest BCUT2D eigenvalue weighted by Gasteiger charge is 2.39. The van der Waals surface area contributed by atoms with Crippen molar-refractivity contribution in [2.24, 2.45) is 0 Å². The predicted octanol–water partition coefficient (Wildman–Crippen LogP) is 9.93. The second-order valence-corrected chi connectivity index (χ2v) is 17.8. The van der Waals surface area contributed by atoms with E-state index in [4.69, 9.17) is 17.8 Å². The number of ether oxygens (including phenoxy) is 3. The normalized spacial score (nSPS) is 12.7. The van der Waals surface area contributed by atoms with Crippen LogP contribution >= 0.6 is 10.3 Å². The van der Waals surface area contributed by atoms with Crippen LogP contribution in [0.3, 0.4) is 0 Å². The first-order valence-corrected chi connectivity index (χ1v) is 18.7. The van der Waals surface area contributed by atoms with E-state index in [0.717, 1.165) is 11.1 Å². The minimum Gasteiger partial charge on any atom is -0.489 e. The van der Waals surface area contributed by atoms with Crippen LogP contribution in [-0.2, 0) is 20.4 Å². The summed E-state index contributed by atoms with van der Waals surface area (Å²) in [6.45, 7) is 14.2. The molecule has 1 aromatic heterocycles. The summed E-state index contributed by atoms with van der Waals surface area (Å²) in [6.07, 6.45) is 3.45. The average Bonchev–Trinajstić information content (AvgIpc) is 3.03. The summed E-state index contributed by atoms with van der Waals surface area (Å²) in [6, 6.07) is 32.9. The summed E-state index contributed by atoms with van der Waals surface area (Å²) in [5.41, 5.74) is 1.10. The molecule has 0 atom stereocenters. The third-order valence-corrected chi connectivity index (χ3v) is 12.2. The Labute approximate surface area is 286 Å². The smallest absolute Gasteiger partial charge is 0.307 e. The van der Waals surface area contributed by atoms with Gasteiger partial charge in [0.1, 0.15) is 35.1 Å². The summed E-state index contributed by atoms with van der Waals surface area (Å²) < 4.78 is 53.4. The number of hydrogen-bond acceptors (Lipinski definition) is 7. The monoisotopic (exact) mass is 685 g/mol.